The van der Waals surface area contributed by atoms with Crippen LogP contribution in [-0.4, -0.2) is 30.7 Å². The predicted molar refractivity (Wildman–Crippen MR) is 37.2 cm³/mol. The zero-order valence-corrected chi connectivity index (χ0v) is 8.65. The van der Waals surface area contributed by atoms with Crippen molar-refractivity contribution in [2.24, 2.45) is 0 Å². The van der Waals surface area contributed by atoms with Crippen LogP contribution in [-0.2, 0) is 4.74 Å². The summed E-state index contributed by atoms with van der Waals surface area (Å²) < 4.78 is 146. The minimum atomic E-state index is -6.82. The number of hydrogen-bond donors (Lipinski definition) is 0. The highest BCUT2D eigenvalue weighted by molar-refractivity contribution is 5.00. The molecule has 20 heavy (non-hydrogen) atoms. The molecule has 0 aliphatic rings. The first-order valence-electron chi connectivity index (χ1n) is 4.11. The lowest BCUT2D eigenvalue weighted by Gasteiger charge is -2.28. The van der Waals surface area contributed by atoms with Crippen molar-refractivity contribution in [2.45, 2.75) is 24.1 Å². The highest BCUT2D eigenvalue weighted by Gasteiger charge is 2.73. The molecule has 0 rings (SSSR count). The molecule has 0 saturated carbocycles. The van der Waals surface area contributed by atoms with Gasteiger partial charge in [-0.2, -0.15) is 52.7 Å². The van der Waals surface area contributed by atoms with Gasteiger partial charge in [0.1, 0.15) is 6.61 Å². The number of halogens is 12. The van der Waals surface area contributed by atoms with E-state index in [9.17, 15) is 52.7 Å². The summed E-state index contributed by atoms with van der Waals surface area (Å²) in [6, 6.07) is 0. The fourth-order valence-electron chi connectivity index (χ4n) is 0.653. The van der Waals surface area contributed by atoms with Gasteiger partial charge in [-0.15, -0.1) is 0 Å². The molecule has 0 spiro atoms. The van der Waals surface area contributed by atoms with Gasteiger partial charge in [-0.05, 0) is 0 Å². The molecule has 0 aliphatic carbocycles. The number of ether oxygens (including phenoxy) is 1. The summed E-state index contributed by atoms with van der Waals surface area (Å²) in [4.78, 5) is 0. The summed E-state index contributed by atoms with van der Waals surface area (Å²) in [5.41, 5.74) is 0. The van der Waals surface area contributed by atoms with Crippen molar-refractivity contribution in [1.82, 2.24) is 0 Å². The second-order valence-electron chi connectivity index (χ2n) is 3.16. The van der Waals surface area contributed by atoms with E-state index in [1.54, 1.807) is 0 Å². The van der Waals surface area contributed by atoms with E-state index in [1.165, 1.54) is 0 Å². The van der Waals surface area contributed by atoms with E-state index >= 15 is 0 Å². The minimum Gasteiger partial charge on any atom is -0.308 e. The molecule has 0 fully saturated rings. The van der Waals surface area contributed by atoms with Gasteiger partial charge in [-0.3, -0.25) is 0 Å². The fourth-order valence-corrected chi connectivity index (χ4v) is 0.653. The standard InChI is InChI=1S/C7H2F12O/c8-2(3(9)10)5(13,14)20-1-4(11,12)6(15,16)7(17,18)19/h1H2. The van der Waals surface area contributed by atoms with E-state index in [-0.39, 0.29) is 0 Å². The normalized spacial score (nSPS) is 14.4. The van der Waals surface area contributed by atoms with Crippen molar-refractivity contribution in [3.05, 3.63) is 11.9 Å². The highest BCUT2D eigenvalue weighted by atomic mass is 19.4. The van der Waals surface area contributed by atoms with E-state index in [0.29, 0.717) is 0 Å². The lowest BCUT2D eigenvalue weighted by Crippen LogP contribution is -2.55. The quantitative estimate of drug-likeness (QED) is 0.674. The van der Waals surface area contributed by atoms with Gasteiger partial charge < -0.3 is 4.74 Å². The van der Waals surface area contributed by atoms with Gasteiger partial charge in [0.05, 0.1) is 0 Å². The van der Waals surface area contributed by atoms with Gasteiger partial charge in [0.2, 0.25) is 0 Å². The van der Waals surface area contributed by atoms with Crippen LogP contribution in [0.4, 0.5) is 52.7 Å². The van der Waals surface area contributed by atoms with Crippen molar-refractivity contribution < 1.29 is 57.4 Å². The molecule has 0 unspecified atom stereocenters. The van der Waals surface area contributed by atoms with E-state index in [0.717, 1.165) is 0 Å². The summed E-state index contributed by atoms with van der Waals surface area (Å²) in [5.74, 6) is -16.7. The fraction of sp³-hybridized carbons (Fsp3) is 0.714. The van der Waals surface area contributed by atoms with Crippen molar-refractivity contribution in [3.63, 3.8) is 0 Å². The Kier molecular flexibility index (Phi) is 5.03. The maximum Gasteiger partial charge on any atom is 0.459 e. The Labute approximate surface area is 101 Å². The average Bonchev–Trinajstić information content (AvgIpc) is 2.23. The van der Waals surface area contributed by atoms with Crippen LogP contribution in [0.25, 0.3) is 0 Å². The van der Waals surface area contributed by atoms with Crippen LogP contribution in [0.3, 0.4) is 0 Å². The van der Waals surface area contributed by atoms with Crippen LogP contribution in [0.2, 0.25) is 0 Å². The maximum atomic E-state index is 12.4. The van der Waals surface area contributed by atoms with E-state index in [2.05, 4.69) is 4.74 Å². The minimum absolute atomic E-state index is 2.42. The number of hydrogen-bond acceptors (Lipinski definition) is 1. The number of alkyl halides is 9. The van der Waals surface area contributed by atoms with Gasteiger partial charge >= 0.3 is 30.2 Å². The first-order valence-corrected chi connectivity index (χ1v) is 4.11. The molecule has 120 valence electrons. The largest absolute Gasteiger partial charge is 0.459 e. The molecule has 1 nitrogen and oxygen atoms in total. The third-order valence-corrected chi connectivity index (χ3v) is 1.67. The topological polar surface area (TPSA) is 9.23 Å². The average molecular weight is 330 g/mol. The SMILES string of the molecule is FC(F)=C(F)C(F)(F)OCC(F)(F)C(F)(F)C(F)(F)F. The lowest BCUT2D eigenvalue weighted by atomic mass is 10.2. The van der Waals surface area contributed by atoms with Crippen LogP contribution in [0.5, 0.6) is 0 Å². The van der Waals surface area contributed by atoms with Gasteiger partial charge in [0.25, 0.3) is 5.83 Å². The zero-order valence-electron chi connectivity index (χ0n) is 8.65. The molecule has 0 aromatic heterocycles. The van der Waals surface area contributed by atoms with Crippen molar-refractivity contribution in [2.75, 3.05) is 6.61 Å². The Hall–Kier alpha value is -1.14. The maximum absolute atomic E-state index is 12.4. The molecule has 0 bridgehead atoms. The molecule has 0 atom stereocenters. The van der Waals surface area contributed by atoms with E-state index < -0.39 is 42.6 Å². The van der Waals surface area contributed by atoms with Crippen LogP contribution in [0.1, 0.15) is 0 Å². The summed E-state index contributed by atoms with van der Waals surface area (Å²) in [5, 5.41) is 0. The molecule has 0 radical (unpaired) electrons. The van der Waals surface area contributed by atoms with Crippen molar-refractivity contribution in [1.29, 1.82) is 0 Å². The van der Waals surface area contributed by atoms with E-state index in [1.807, 2.05) is 0 Å². The molecule has 0 N–H and O–H groups in total. The summed E-state index contributed by atoms with van der Waals surface area (Å²) >= 11 is 0. The molecule has 0 aromatic rings. The predicted octanol–water partition coefficient (Wildman–Crippen LogP) is 4.51. The Morgan fingerprint density at radius 3 is 1.45 bits per heavy atom. The molecule has 0 heterocycles. The molecule has 0 amide bonds. The van der Waals surface area contributed by atoms with Gasteiger partial charge in [0, 0.05) is 0 Å². The summed E-state index contributed by atoms with van der Waals surface area (Å²) in [6.45, 7) is -3.35. The Bertz CT molecular complexity index is 376. The van der Waals surface area contributed by atoms with E-state index in [4.69, 9.17) is 0 Å². The zero-order chi connectivity index (χ0) is 16.6. The number of rotatable bonds is 5. The summed E-state index contributed by atoms with van der Waals surface area (Å²) in [7, 11) is 0. The highest BCUT2D eigenvalue weighted by Crippen LogP contribution is 2.47. The van der Waals surface area contributed by atoms with Crippen LogP contribution in [0.15, 0.2) is 11.9 Å². The molecular weight excluding hydrogens is 328 g/mol. The van der Waals surface area contributed by atoms with Crippen LogP contribution < -0.4 is 0 Å². The van der Waals surface area contributed by atoms with Crippen molar-refractivity contribution >= 4 is 0 Å². The molecule has 0 saturated heterocycles. The van der Waals surface area contributed by atoms with Gasteiger partial charge in [-0.1, -0.05) is 0 Å². The Morgan fingerprint density at radius 1 is 0.750 bits per heavy atom. The van der Waals surface area contributed by atoms with Crippen LogP contribution >= 0.6 is 0 Å². The van der Waals surface area contributed by atoms with Crippen molar-refractivity contribution in [3.8, 4) is 0 Å². The first-order chi connectivity index (χ1) is 8.56. The second kappa shape index (κ2) is 5.33. The smallest absolute Gasteiger partial charge is 0.308 e. The third kappa shape index (κ3) is 3.70. The Balaban J connectivity index is 5.12. The molecule has 0 aliphatic heterocycles. The van der Waals surface area contributed by atoms with Crippen LogP contribution in [0, 0.1) is 0 Å². The first kappa shape index (κ1) is 18.9. The molecule has 13 heteroatoms. The Morgan fingerprint density at radius 2 is 1.15 bits per heavy atom. The molecule has 0 aromatic carbocycles. The lowest BCUT2D eigenvalue weighted by molar-refractivity contribution is -0.373. The summed E-state index contributed by atoms with van der Waals surface area (Å²) in [6.07, 6.45) is -16.3. The van der Waals surface area contributed by atoms with Gasteiger partial charge in [0.15, 0.2) is 0 Å². The monoisotopic (exact) mass is 330 g/mol. The van der Waals surface area contributed by atoms with Gasteiger partial charge in [-0.25, -0.2) is 0 Å². The second-order valence-corrected chi connectivity index (χ2v) is 3.16. The molecular formula is C7H2F12O. The third-order valence-electron chi connectivity index (χ3n) is 1.67.